The van der Waals surface area contributed by atoms with Gasteiger partial charge in [0.25, 0.3) is 0 Å². The fourth-order valence-corrected chi connectivity index (χ4v) is 4.85. The first-order chi connectivity index (χ1) is 21.9. The standard InChI is InChI=1S/C37H44N2O6/c1-3-11-31(36(42)38-21-22-44-37(43)32(12-4-2)23-28-13-7-5-8-14-28)25-35(41)39-33(26-40)24-29-17-19-34(20-18-29)45-27-30-15-9-6-10-16-30/h3-10,13-20,31-33,40H,1-2,11-12,21-27H2,(H,38,42)(H,39,41)/t31-,32-,33+/m1/s1. The van der Waals surface area contributed by atoms with Crippen LogP contribution in [0.3, 0.4) is 0 Å². The molecular formula is C37H44N2O6. The molecule has 3 N–H and O–H groups in total. The van der Waals surface area contributed by atoms with Gasteiger partial charge in [0.1, 0.15) is 19.0 Å². The summed E-state index contributed by atoms with van der Waals surface area (Å²) in [5.74, 6) is -1.31. The van der Waals surface area contributed by atoms with Crippen LogP contribution >= 0.6 is 0 Å². The van der Waals surface area contributed by atoms with Crippen molar-refractivity contribution in [1.29, 1.82) is 0 Å². The van der Waals surface area contributed by atoms with Crippen molar-refractivity contribution in [2.24, 2.45) is 11.8 Å². The zero-order chi connectivity index (χ0) is 32.3. The second kappa shape index (κ2) is 19.6. The molecule has 238 valence electrons. The summed E-state index contributed by atoms with van der Waals surface area (Å²) in [6.45, 7) is 7.80. The summed E-state index contributed by atoms with van der Waals surface area (Å²) < 4.78 is 11.3. The predicted octanol–water partition coefficient (Wildman–Crippen LogP) is 4.96. The van der Waals surface area contributed by atoms with Gasteiger partial charge in [-0.15, -0.1) is 13.2 Å². The van der Waals surface area contributed by atoms with E-state index in [0.29, 0.717) is 32.3 Å². The van der Waals surface area contributed by atoms with E-state index in [-0.39, 0.29) is 49.9 Å². The molecule has 0 saturated heterocycles. The third kappa shape index (κ3) is 12.8. The number of hydrogen-bond donors (Lipinski definition) is 3. The van der Waals surface area contributed by atoms with E-state index in [1.807, 2.05) is 84.9 Å². The summed E-state index contributed by atoms with van der Waals surface area (Å²) in [4.78, 5) is 38.3. The smallest absolute Gasteiger partial charge is 0.309 e. The summed E-state index contributed by atoms with van der Waals surface area (Å²) >= 11 is 0. The molecule has 0 saturated carbocycles. The molecule has 8 nitrogen and oxygen atoms in total. The number of amides is 2. The van der Waals surface area contributed by atoms with Crippen LogP contribution in [-0.4, -0.2) is 48.7 Å². The van der Waals surface area contributed by atoms with Crippen LogP contribution in [-0.2, 0) is 38.6 Å². The van der Waals surface area contributed by atoms with Crippen molar-refractivity contribution in [3.05, 3.63) is 127 Å². The first-order valence-electron chi connectivity index (χ1n) is 15.3. The van der Waals surface area contributed by atoms with Crippen molar-refractivity contribution in [1.82, 2.24) is 10.6 Å². The average molecular weight is 613 g/mol. The molecule has 3 rings (SSSR count). The van der Waals surface area contributed by atoms with Crippen molar-refractivity contribution in [2.45, 2.75) is 44.8 Å². The molecule has 0 bridgehead atoms. The predicted molar refractivity (Wildman–Crippen MR) is 175 cm³/mol. The van der Waals surface area contributed by atoms with E-state index >= 15 is 0 Å². The number of hydrogen-bond acceptors (Lipinski definition) is 6. The molecular weight excluding hydrogens is 568 g/mol. The highest BCUT2D eigenvalue weighted by Crippen LogP contribution is 2.17. The quantitative estimate of drug-likeness (QED) is 0.0945. The molecule has 0 radical (unpaired) electrons. The van der Waals surface area contributed by atoms with Gasteiger partial charge in [0.05, 0.1) is 31.0 Å². The molecule has 0 aliphatic carbocycles. The van der Waals surface area contributed by atoms with E-state index in [1.165, 1.54) is 0 Å². The number of nitrogens with one attached hydrogen (secondary N) is 2. The Labute approximate surface area is 266 Å². The average Bonchev–Trinajstić information content (AvgIpc) is 3.06. The Morgan fingerprint density at radius 1 is 0.778 bits per heavy atom. The second-order valence-electron chi connectivity index (χ2n) is 10.9. The number of rotatable bonds is 20. The Balaban J connectivity index is 1.42. The molecule has 3 atom stereocenters. The van der Waals surface area contributed by atoms with Gasteiger partial charge in [0, 0.05) is 6.42 Å². The van der Waals surface area contributed by atoms with Gasteiger partial charge in [0.15, 0.2) is 0 Å². The topological polar surface area (TPSA) is 114 Å². The van der Waals surface area contributed by atoms with Gasteiger partial charge < -0.3 is 25.2 Å². The summed E-state index contributed by atoms with van der Waals surface area (Å²) in [7, 11) is 0. The molecule has 0 fully saturated rings. The first kappa shape index (κ1) is 34.8. The van der Waals surface area contributed by atoms with Gasteiger partial charge in [-0.2, -0.15) is 0 Å². The van der Waals surface area contributed by atoms with Gasteiger partial charge in [-0.25, -0.2) is 0 Å². The molecule has 8 heteroatoms. The Morgan fingerprint density at radius 2 is 1.38 bits per heavy atom. The summed E-state index contributed by atoms with van der Waals surface area (Å²) in [6.07, 6.45) is 4.96. The number of aliphatic hydroxyl groups is 1. The van der Waals surface area contributed by atoms with Gasteiger partial charge in [0.2, 0.25) is 11.8 Å². The molecule has 0 aliphatic rings. The summed E-state index contributed by atoms with van der Waals surface area (Å²) in [6, 6.07) is 26.6. The van der Waals surface area contributed by atoms with E-state index in [4.69, 9.17) is 9.47 Å². The number of ether oxygens (including phenoxy) is 2. The monoisotopic (exact) mass is 612 g/mol. The number of esters is 1. The molecule has 3 aromatic carbocycles. The highest BCUT2D eigenvalue weighted by Gasteiger charge is 2.23. The molecule has 2 amide bonds. The lowest BCUT2D eigenvalue weighted by Crippen LogP contribution is -2.42. The van der Waals surface area contributed by atoms with Crippen LogP contribution in [0.2, 0.25) is 0 Å². The normalized spacial score (nSPS) is 12.6. The number of carbonyl (C=O) groups excluding carboxylic acids is 3. The van der Waals surface area contributed by atoms with Crippen molar-refractivity contribution in [3.8, 4) is 5.75 Å². The SMILES string of the molecule is C=CC[C@H](CC(=O)N[C@H](CO)Cc1ccc(OCc2ccccc2)cc1)C(=O)NCCOC(=O)[C@H](CC=C)Cc1ccccc1. The van der Waals surface area contributed by atoms with Gasteiger partial charge in [-0.1, -0.05) is 84.9 Å². The molecule has 3 aromatic rings. The Bertz CT molecular complexity index is 1340. The number of benzene rings is 3. The van der Waals surface area contributed by atoms with Crippen LogP contribution in [0.1, 0.15) is 36.0 Å². The van der Waals surface area contributed by atoms with E-state index in [9.17, 15) is 19.5 Å². The second-order valence-corrected chi connectivity index (χ2v) is 10.9. The first-order valence-corrected chi connectivity index (χ1v) is 15.3. The minimum absolute atomic E-state index is 0.0166. The highest BCUT2D eigenvalue weighted by molar-refractivity contribution is 5.86. The van der Waals surface area contributed by atoms with Crippen molar-refractivity contribution < 1.29 is 29.0 Å². The Morgan fingerprint density at radius 3 is 2.00 bits per heavy atom. The van der Waals surface area contributed by atoms with Crippen LogP contribution < -0.4 is 15.4 Å². The zero-order valence-electron chi connectivity index (χ0n) is 25.7. The van der Waals surface area contributed by atoms with Gasteiger partial charge >= 0.3 is 5.97 Å². The molecule has 0 spiro atoms. The number of aliphatic hydroxyl groups excluding tert-OH is 1. The van der Waals surface area contributed by atoms with Crippen molar-refractivity contribution in [2.75, 3.05) is 19.8 Å². The van der Waals surface area contributed by atoms with Crippen LogP contribution in [0.15, 0.2) is 110 Å². The van der Waals surface area contributed by atoms with Crippen LogP contribution in [0, 0.1) is 11.8 Å². The van der Waals surface area contributed by atoms with E-state index in [0.717, 1.165) is 22.4 Å². The van der Waals surface area contributed by atoms with Gasteiger partial charge in [-0.05, 0) is 54.5 Å². The lowest BCUT2D eigenvalue weighted by molar-refractivity contribution is -0.148. The third-order valence-corrected chi connectivity index (χ3v) is 7.25. The van der Waals surface area contributed by atoms with E-state index < -0.39 is 12.0 Å². The fourth-order valence-electron chi connectivity index (χ4n) is 4.85. The molecule has 45 heavy (non-hydrogen) atoms. The Hall–Kier alpha value is -4.69. The lowest BCUT2D eigenvalue weighted by Gasteiger charge is -2.20. The maximum Gasteiger partial charge on any atom is 0.309 e. The lowest BCUT2D eigenvalue weighted by atomic mass is 9.96. The van der Waals surface area contributed by atoms with Crippen molar-refractivity contribution in [3.63, 3.8) is 0 Å². The summed E-state index contributed by atoms with van der Waals surface area (Å²) in [5.41, 5.74) is 3.03. The fraction of sp³-hybridized carbons (Fsp3) is 0.324. The maximum atomic E-state index is 12.9. The molecule has 0 heterocycles. The van der Waals surface area contributed by atoms with Crippen LogP contribution in [0.4, 0.5) is 0 Å². The number of carbonyl (C=O) groups is 3. The summed E-state index contributed by atoms with van der Waals surface area (Å²) in [5, 5.41) is 15.5. The number of allylic oxidation sites excluding steroid dienone is 2. The molecule has 0 unspecified atom stereocenters. The zero-order valence-corrected chi connectivity index (χ0v) is 25.7. The Kier molecular flexibility index (Phi) is 15.1. The third-order valence-electron chi connectivity index (χ3n) is 7.25. The highest BCUT2D eigenvalue weighted by atomic mass is 16.5. The van der Waals surface area contributed by atoms with Gasteiger partial charge in [-0.3, -0.25) is 14.4 Å². The minimum Gasteiger partial charge on any atom is -0.489 e. The van der Waals surface area contributed by atoms with Crippen LogP contribution in [0.5, 0.6) is 5.75 Å². The maximum absolute atomic E-state index is 12.9. The van der Waals surface area contributed by atoms with E-state index in [1.54, 1.807) is 12.2 Å². The largest absolute Gasteiger partial charge is 0.489 e. The van der Waals surface area contributed by atoms with E-state index in [2.05, 4.69) is 23.8 Å². The van der Waals surface area contributed by atoms with Crippen molar-refractivity contribution >= 4 is 17.8 Å². The minimum atomic E-state index is -0.648. The molecule has 0 aromatic heterocycles. The van der Waals surface area contributed by atoms with Crippen LogP contribution in [0.25, 0.3) is 0 Å². The molecule has 0 aliphatic heterocycles.